The summed E-state index contributed by atoms with van der Waals surface area (Å²) in [7, 11) is 1.86. The van der Waals surface area contributed by atoms with E-state index in [1.165, 1.54) is 12.1 Å². The fourth-order valence-corrected chi connectivity index (χ4v) is 1.88. The molecule has 1 heterocycles. The van der Waals surface area contributed by atoms with Gasteiger partial charge >= 0.3 is 6.36 Å². The molecular weight excluding hydrogens is 283 g/mol. The molecule has 7 heteroatoms. The first kappa shape index (κ1) is 15.4. The van der Waals surface area contributed by atoms with Gasteiger partial charge in [0.15, 0.2) is 0 Å². The molecule has 1 N–H and O–H groups in total. The van der Waals surface area contributed by atoms with E-state index in [4.69, 9.17) is 0 Å². The van der Waals surface area contributed by atoms with Crippen molar-refractivity contribution in [1.82, 2.24) is 15.1 Å². The summed E-state index contributed by atoms with van der Waals surface area (Å²) in [6, 6.07) is 5.84. The lowest BCUT2D eigenvalue weighted by molar-refractivity contribution is -0.274. The summed E-state index contributed by atoms with van der Waals surface area (Å²) in [5.74, 6) is -0.207. The van der Waals surface area contributed by atoms with Gasteiger partial charge in [0, 0.05) is 19.8 Å². The van der Waals surface area contributed by atoms with E-state index >= 15 is 0 Å². The largest absolute Gasteiger partial charge is 0.573 e. The van der Waals surface area contributed by atoms with E-state index in [1.807, 2.05) is 19.4 Å². The molecule has 0 unspecified atom stereocenters. The average molecular weight is 299 g/mol. The third kappa shape index (κ3) is 5.47. The highest BCUT2D eigenvalue weighted by atomic mass is 19.4. The van der Waals surface area contributed by atoms with Crippen LogP contribution in [0.2, 0.25) is 0 Å². The van der Waals surface area contributed by atoms with Crippen molar-refractivity contribution in [3.05, 3.63) is 47.8 Å². The fourth-order valence-electron chi connectivity index (χ4n) is 1.88. The molecule has 2 rings (SSSR count). The topological polar surface area (TPSA) is 39.1 Å². The average Bonchev–Trinajstić information content (AvgIpc) is 2.81. The number of hydrogen-bond acceptors (Lipinski definition) is 3. The van der Waals surface area contributed by atoms with Gasteiger partial charge in [-0.05, 0) is 36.2 Å². The van der Waals surface area contributed by atoms with Gasteiger partial charge in [-0.3, -0.25) is 4.68 Å². The molecule has 0 aliphatic rings. The van der Waals surface area contributed by atoms with Crippen molar-refractivity contribution in [3.8, 4) is 5.75 Å². The smallest absolute Gasteiger partial charge is 0.406 e. The molecule has 114 valence electrons. The first-order valence-corrected chi connectivity index (χ1v) is 6.45. The first-order chi connectivity index (χ1) is 9.92. The number of alkyl halides is 3. The molecule has 4 nitrogen and oxygen atoms in total. The van der Waals surface area contributed by atoms with Crippen molar-refractivity contribution in [2.45, 2.75) is 19.3 Å². The van der Waals surface area contributed by atoms with Crippen LogP contribution in [0.25, 0.3) is 0 Å². The molecule has 0 aliphatic heterocycles. The highest BCUT2D eigenvalue weighted by molar-refractivity contribution is 5.27. The number of hydrogen-bond donors (Lipinski definition) is 1. The Morgan fingerprint density at radius 2 is 1.90 bits per heavy atom. The van der Waals surface area contributed by atoms with Gasteiger partial charge in [0.1, 0.15) is 5.75 Å². The fraction of sp³-hybridized carbons (Fsp3) is 0.357. The maximum Gasteiger partial charge on any atom is 0.573 e. The van der Waals surface area contributed by atoms with Crippen molar-refractivity contribution in [2.75, 3.05) is 6.54 Å². The molecule has 0 aliphatic carbocycles. The molecule has 1 aromatic heterocycles. The van der Waals surface area contributed by atoms with Crippen LogP contribution in [-0.4, -0.2) is 22.7 Å². The number of rotatable bonds is 6. The van der Waals surface area contributed by atoms with Crippen LogP contribution in [0.5, 0.6) is 5.75 Å². The van der Waals surface area contributed by atoms with Crippen LogP contribution >= 0.6 is 0 Å². The molecule has 0 spiro atoms. The van der Waals surface area contributed by atoms with E-state index < -0.39 is 6.36 Å². The summed E-state index contributed by atoms with van der Waals surface area (Å²) in [6.45, 7) is 1.36. The molecular formula is C14H16F3N3O. The second kappa shape index (κ2) is 6.62. The predicted octanol–water partition coefficient (Wildman–Crippen LogP) is 2.65. The van der Waals surface area contributed by atoms with E-state index in [-0.39, 0.29) is 5.75 Å². The normalized spacial score (nSPS) is 11.6. The quantitative estimate of drug-likeness (QED) is 0.834. The van der Waals surface area contributed by atoms with Gasteiger partial charge in [-0.2, -0.15) is 5.10 Å². The van der Waals surface area contributed by atoms with Gasteiger partial charge in [-0.25, -0.2) is 0 Å². The van der Waals surface area contributed by atoms with Gasteiger partial charge in [0.05, 0.1) is 6.20 Å². The van der Waals surface area contributed by atoms with Gasteiger partial charge in [0.25, 0.3) is 0 Å². The minimum Gasteiger partial charge on any atom is -0.406 e. The van der Waals surface area contributed by atoms with Gasteiger partial charge < -0.3 is 10.1 Å². The predicted molar refractivity (Wildman–Crippen MR) is 71.7 cm³/mol. The zero-order valence-corrected chi connectivity index (χ0v) is 11.5. The zero-order chi connectivity index (χ0) is 15.3. The van der Waals surface area contributed by atoms with Gasteiger partial charge in [-0.1, -0.05) is 12.1 Å². The Morgan fingerprint density at radius 1 is 1.19 bits per heavy atom. The Kier molecular flexibility index (Phi) is 4.85. The molecule has 0 bridgehead atoms. The van der Waals surface area contributed by atoms with Crippen LogP contribution < -0.4 is 10.1 Å². The second-order valence-electron chi connectivity index (χ2n) is 4.64. The van der Waals surface area contributed by atoms with Crippen molar-refractivity contribution < 1.29 is 17.9 Å². The van der Waals surface area contributed by atoms with Crippen LogP contribution in [0.3, 0.4) is 0 Å². The summed E-state index contributed by atoms with van der Waals surface area (Å²) < 4.78 is 41.6. The molecule has 1 aromatic carbocycles. The second-order valence-corrected chi connectivity index (χ2v) is 4.64. The van der Waals surface area contributed by atoms with Crippen molar-refractivity contribution in [3.63, 3.8) is 0 Å². The Labute approximate surface area is 120 Å². The lowest BCUT2D eigenvalue weighted by atomic mass is 10.2. The molecule has 0 atom stereocenters. The van der Waals surface area contributed by atoms with Crippen molar-refractivity contribution in [1.29, 1.82) is 0 Å². The summed E-state index contributed by atoms with van der Waals surface area (Å²) in [5, 5.41) is 7.30. The summed E-state index contributed by atoms with van der Waals surface area (Å²) in [4.78, 5) is 0. The minimum atomic E-state index is -4.65. The lowest BCUT2D eigenvalue weighted by Gasteiger charge is -2.09. The molecule has 0 saturated carbocycles. The van der Waals surface area contributed by atoms with Crippen molar-refractivity contribution >= 4 is 0 Å². The van der Waals surface area contributed by atoms with E-state index in [0.717, 1.165) is 24.1 Å². The molecule has 21 heavy (non-hydrogen) atoms. The van der Waals surface area contributed by atoms with Crippen LogP contribution in [0.15, 0.2) is 36.7 Å². The van der Waals surface area contributed by atoms with E-state index in [2.05, 4.69) is 15.2 Å². The summed E-state index contributed by atoms with van der Waals surface area (Å²) in [6.07, 6.45) is -0.0392. The summed E-state index contributed by atoms with van der Waals surface area (Å²) >= 11 is 0. The Bertz CT molecular complexity index is 564. The van der Waals surface area contributed by atoms with Crippen LogP contribution in [0.4, 0.5) is 13.2 Å². The highest BCUT2D eigenvalue weighted by Crippen LogP contribution is 2.22. The standard InChI is InChI=1S/C14H16F3N3O/c1-20-10-12(9-19-20)6-7-18-8-11-2-4-13(5-3-11)21-14(15,16)17/h2-5,9-10,18H,6-8H2,1H3. The monoisotopic (exact) mass is 299 g/mol. The molecule has 2 aromatic rings. The van der Waals surface area contributed by atoms with E-state index in [9.17, 15) is 13.2 Å². The maximum atomic E-state index is 12.0. The van der Waals surface area contributed by atoms with Crippen LogP contribution in [0, 0.1) is 0 Å². The number of nitrogens with one attached hydrogen (secondary N) is 1. The number of aromatic nitrogens is 2. The van der Waals surface area contributed by atoms with Gasteiger partial charge in [0.2, 0.25) is 0 Å². The number of halogens is 3. The molecule has 0 fully saturated rings. The SMILES string of the molecule is Cn1cc(CCNCc2ccc(OC(F)(F)F)cc2)cn1. The Balaban J connectivity index is 1.73. The third-order valence-electron chi connectivity index (χ3n) is 2.83. The van der Waals surface area contributed by atoms with E-state index in [0.29, 0.717) is 6.54 Å². The summed E-state index contributed by atoms with van der Waals surface area (Å²) in [5.41, 5.74) is 2.04. The Morgan fingerprint density at radius 3 is 2.48 bits per heavy atom. The van der Waals surface area contributed by atoms with Crippen molar-refractivity contribution in [2.24, 2.45) is 7.05 Å². The third-order valence-corrected chi connectivity index (χ3v) is 2.83. The Hall–Kier alpha value is -2.02. The highest BCUT2D eigenvalue weighted by Gasteiger charge is 2.30. The maximum absolute atomic E-state index is 12.0. The number of nitrogens with zero attached hydrogens (tertiary/aromatic N) is 2. The van der Waals surface area contributed by atoms with E-state index in [1.54, 1.807) is 16.8 Å². The zero-order valence-electron chi connectivity index (χ0n) is 11.5. The number of aryl methyl sites for hydroxylation is 1. The molecule has 0 radical (unpaired) electrons. The number of benzene rings is 1. The lowest BCUT2D eigenvalue weighted by Crippen LogP contribution is -2.18. The van der Waals surface area contributed by atoms with Gasteiger partial charge in [-0.15, -0.1) is 13.2 Å². The number of ether oxygens (including phenoxy) is 1. The molecule has 0 amide bonds. The van der Waals surface area contributed by atoms with Crippen LogP contribution in [-0.2, 0) is 20.0 Å². The first-order valence-electron chi connectivity index (χ1n) is 6.45. The molecule has 0 saturated heterocycles. The van der Waals surface area contributed by atoms with Crippen LogP contribution in [0.1, 0.15) is 11.1 Å². The minimum absolute atomic E-state index is 0.207.